The predicted octanol–water partition coefficient (Wildman–Crippen LogP) is 0.226. The van der Waals surface area contributed by atoms with E-state index in [4.69, 9.17) is 0 Å². The molecule has 0 aromatic heterocycles. The molecule has 0 amide bonds. The van der Waals surface area contributed by atoms with E-state index in [2.05, 4.69) is 0 Å². The summed E-state index contributed by atoms with van der Waals surface area (Å²) in [4.78, 5) is 24.9. The van der Waals surface area contributed by atoms with E-state index < -0.39 is 0 Å². The van der Waals surface area contributed by atoms with E-state index in [0.717, 1.165) is 0 Å². The fourth-order valence-electron chi connectivity index (χ4n) is 2.37. The molecule has 24 heavy (non-hydrogen) atoms. The van der Waals surface area contributed by atoms with Gasteiger partial charge in [0.15, 0.2) is 11.6 Å². The zero-order valence-electron chi connectivity index (χ0n) is 13.2. The minimum absolute atomic E-state index is 0. The van der Waals surface area contributed by atoms with Crippen LogP contribution < -0.4 is 34.7 Å². The van der Waals surface area contributed by atoms with Crippen LogP contribution in [0.2, 0.25) is 0 Å². The minimum Gasteiger partial charge on any atom is -0.872 e. The Labute approximate surface area is 162 Å². The van der Waals surface area contributed by atoms with E-state index >= 15 is 0 Å². The Morgan fingerprint density at radius 2 is 0.958 bits per heavy atom. The molecule has 3 aromatic rings. The van der Waals surface area contributed by atoms with Crippen LogP contribution >= 0.6 is 0 Å². The maximum Gasteiger partial charge on any atom is 1.00 e. The maximum atomic E-state index is 12.5. The second-order valence-electron chi connectivity index (χ2n) is 5.14. The summed E-state index contributed by atoms with van der Waals surface area (Å²) >= 11 is 0. The molecule has 0 aliphatic heterocycles. The molecule has 0 heterocycles. The minimum atomic E-state index is -0.355. The van der Waals surface area contributed by atoms with Crippen molar-refractivity contribution in [1.82, 2.24) is 0 Å². The molecule has 3 nitrogen and oxygen atoms in total. The van der Waals surface area contributed by atoms with Crippen molar-refractivity contribution in [2.24, 2.45) is 0 Å². The molecule has 0 saturated carbocycles. The Hall–Kier alpha value is -2.20. The molecule has 0 radical (unpaired) electrons. The number of carbonyl (C=O) groups is 2. The van der Waals surface area contributed by atoms with Crippen LogP contribution in [-0.4, -0.2) is 11.6 Å². The molecule has 0 aliphatic carbocycles. The van der Waals surface area contributed by atoms with Crippen LogP contribution in [0.1, 0.15) is 31.8 Å². The average molecular weight is 324 g/mol. The van der Waals surface area contributed by atoms with Gasteiger partial charge in [-0.25, -0.2) is 0 Å². The van der Waals surface area contributed by atoms with Crippen LogP contribution in [0, 0.1) is 0 Å². The van der Waals surface area contributed by atoms with E-state index in [1.807, 2.05) is 12.1 Å². The molecule has 3 aromatic carbocycles. The molecule has 0 bridgehead atoms. The fourth-order valence-corrected chi connectivity index (χ4v) is 2.37. The van der Waals surface area contributed by atoms with Gasteiger partial charge in [0.05, 0.1) is 0 Å². The first kappa shape index (κ1) is 18.1. The molecule has 4 heteroatoms. The molecule has 3 rings (SSSR count). The number of hydrogen-bond donors (Lipinski definition) is 0. The average Bonchev–Trinajstić information content (AvgIpc) is 2.61. The molecular weight excluding hydrogens is 311 g/mol. The number of benzene rings is 3. The van der Waals surface area contributed by atoms with Gasteiger partial charge < -0.3 is 5.11 Å². The normalized spacial score (nSPS) is 9.83. The smallest absolute Gasteiger partial charge is 0.872 e. The van der Waals surface area contributed by atoms with Crippen LogP contribution in [-0.2, 0) is 0 Å². The maximum absolute atomic E-state index is 12.5. The molecule has 0 N–H and O–H groups in total. The largest absolute Gasteiger partial charge is 1.00 e. The number of rotatable bonds is 4. The Bertz CT molecular complexity index is 789. The standard InChI is InChI=1S/C20H14O3.Na/c21-18-12-16(19(22)14-7-3-1-4-8-14)11-17(13-18)20(23)15-9-5-2-6-10-15;/h1-13,21H;/q;+1/p-1. The fraction of sp³-hybridized carbons (Fsp3) is 0. The van der Waals surface area contributed by atoms with Gasteiger partial charge in [-0.1, -0.05) is 72.8 Å². The Morgan fingerprint density at radius 1 is 0.583 bits per heavy atom. The van der Waals surface area contributed by atoms with Crippen molar-refractivity contribution in [3.05, 3.63) is 101 Å². The third kappa shape index (κ3) is 4.01. The van der Waals surface area contributed by atoms with Crippen molar-refractivity contribution < 1.29 is 44.3 Å². The second-order valence-corrected chi connectivity index (χ2v) is 5.14. The third-order valence-electron chi connectivity index (χ3n) is 3.50. The summed E-state index contributed by atoms with van der Waals surface area (Å²) in [5, 5.41) is 11.9. The molecule has 0 saturated heterocycles. The molecule has 0 atom stereocenters. The van der Waals surface area contributed by atoms with Gasteiger partial charge in [-0.3, -0.25) is 9.59 Å². The molecule has 0 spiro atoms. The van der Waals surface area contributed by atoms with E-state index in [1.165, 1.54) is 18.2 Å². The van der Waals surface area contributed by atoms with Gasteiger partial charge in [-0.15, -0.1) is 5.75 Å². The zero-order chi connectivity index (χ0) is 16.2. The van der Waals surface area contributed by atoms with Crippen molar-refractivity contribution in [3.63, 3.8) is 0 Å². The van der Waals surface area contributed by atoms with Crippen molar-refractivity contribution in [2.75, 3.05) is 0 Å². The van der Waals surface area contributed by atoms with Crippen LogP contribution in [0.15, 0.2) is 78.9 Å². The van der Waals surface area contributed by atoms with Crippen LogP contribution in [0.4, 0.5) is 0 Å². The number of carbonyl (C=O) groups excluding carboxylic acids is 2. The summed E-state index contributed by atoms with van der Waals surface area (Å²) in [6, 6.07) is 21.4. The summed E-state index contributed by atoms with van der Waals surface area (Å²) in [7, 11) is 0. The summed E-state index contributed by atoms with van der Waals surface area (Å²) in [5.41, 5.74) is 1.42. The van der Waals surface area contributed by atoms with Crippen LogP contribution in [0.3, 0.4) is 0 Å². The monoisotopic (exact) mass is 324 g/mol. The van der Waals surface area contributed by atoms with E-state index in [-0.39, 0.29) is 58.0 Å². The summed E-state index contributed by atoms with van der Waals surface area (Å²) in [6.07, 6.45) is 0. The summed E-state index contributed by atoms with van der Waals surface area (Å²) in [6.45, 7) is 0. The summed E-state index contributed by atoms with van der Waals surface area (Å²) in [5.74, 6) is -0.901. The number of hydrogen-bond acceptors (Lipinski definition) is 3. The van der Waals surface area contributed by atoms with Gasteiger partial charge in [0.2, 0.25) is 0 Å². The molecule has 0 fully saturated rings. The second kappa shape index (κ2) is 8.06. The van der Waals surface area contributed by atoms with Crippen LogP contribution in [0.25, 0.3) is 0 Å². The molecular formula is C20H13NaO3. The van der Waals surface area contributed by atoms with Crippen molar-refractivity contribution in [3.8, 4) is 5.75 Å². The van der Waals surface area contributed by atoms with Gasteiger partial charge in [-0.05, 0) is 6.07 Å². The van der Waals surface area contributed by atoms with Crippen LogP contribution in [0.5, 0.6) is 5.75 Å². The molecule has 112 valence electrons. The van der Waals surface area contributed by atoms with Crippen molar-refractivity contribution in [2.45, 2.75) is 0 Å². The van der Waals surface area contributed by atoms with E-state index in [1.54, 1.807) is 48.5 Å². The van der Waals surface area contributed by atoms with E-state index in [9.17, 15) is 14.7 Å². The van der Waals surface area contributed by atoms with Gasteiger partial charge in [0.25, 0.3) is 0 Å². The summed E-state index contributed by atoms with van der Waals surface area (Å²) < 4.78 is 0. The van der Waals surface area contributed by atoms with E-state index in [0.29, 0.717) is 11.1 Å². The Kier molecular flexibility index (Phi) is 6.10. The van der Waals surface area contributed by atoms with Crippen molar-refractivity contribution >= 4 is 11.6 Å². The quantitative estimate of drug-likeness (QED) is 0.510. The van der Waals surface area contributed by atoms with Gasteiger partial charge in [0, 0.05) is 22.3 Å². The van der Waals surface area contributed by atoms with Gasteiger partial charge >= 0.3 is 29.6 Å². The predicted molar refractivity (Wildman–Crippen MR) is 85.6 cm³/mol. The molecule has 0 aliphatic rings. The van der Waals surface area contributed by atoms with Gasteiger partial charge in [0.1, 0.15) is 0 Å². The first-order chi connectivity index (χ1) is 11.1. The number of ketones is 2. The first-order valence-electron chi connectivity index (χ1n) is 7.17. The van der Waals surface area contributed by atoms with Gasteiger partial charge in [-0.2, -0.15) is 0 Å². The molecule has 0 unspecified atom stereocenters. The third-order valence-corrected chi connectivity index (χ3v) is 3.50. The SMILES string of the molecule is O=C(c1ccccc1)c1cc([O-])cc(C(=O)c2ccccc2)c1.[Na+]. The first-order valence-corrected chi connectivity index (χ1v) is 7.17. The zero-order valence-corrected chi connectivity index (χ0v) is 15.2. The Balaban J connectivity index is 0.00000208. The van der Waals surface area contributed by atoms with Crippen molar-refractivity contribution in [1.29, 1.82) is 0 Å². The Morgan fingerprint density at radius 3 is 1.33 bits per heavy atom. The topological polar surface area (TPSA) is 57.2 Å².